The maximum absolute atomic E-state index is 12.5. The minimum absolute atomic E-state index is 0.279. The van der Waals surface area contributed by atoms with Crippen LogP contribution in [0, 0.1) is 0 Å². The molecular weight excluding hydrogens is 280 g/mol. The summed E-state index contributed by atoms with van der Waals surface area (Å²) < 4.78 is 12.5. The molecule has 0 aliphatic heterocycles. The Morgan fingerprint density at radius 2 is 1.79 bits per heavy atom. The maximum atomic E-state index is 12.5. The zero-order chi connectivity index (χ0) is 13.4. The van der Waals surface area contributed by atoms with E-state index in [0.717, 1.165) is 11.1 Å². The first-order valence-electron chi connectivity index (χ1n) is 6.09. The largest absolute Gasteiger partial charge is 0.387 e. The van der Waals surface area contributed by atoms with Crippen LogP contribution in [0.1, 0.15) is 17.2 Å². The highest BCUT2D eigenvalue weighted by atomic mass is 35.5. The Morgan fingerprint density at radius 3 is 2.47 bits per heavy atom. The molecule has 0 saturated heterocycles. The molecule has 1 aliphatic carbocycles. The van der Waals surface area contributed by atoms with E-state index in [1.807, 2.05) is 24.3 Å². The third kappa shape index (κ3) is 2.34. The second-order valence-electron chi connectivity index (χ2n) is 4.64. The van der Waals surface area contributed by atoms with Gasteiger partial charge >= 0.3 is 0 Å². The van der Waals surface area contributed by atoms with E-state index in [1.54, 1.807) is 24.3 Å². The summed E-state index contributed by atoms with van der Waals surface area (Å²) in [5, 5.41) is 10.7. The lowest BCUT2D eigenvalue weighted by Crippen LogP contribution is -2.20. The molecule has 2 nitrogen and oxygen atoms in total. The first-order chi connectivity index (χ1) is 9.16. The molecular formula is C15H13ClO2S. The minimum Gasteiger partial charge on any atom is -0.387 e. The first-order valence-corrected chi connectivity index (χ1v) is 7.68. The van der Waals surface area contributed by atoms with Gasteiger partial charge < -0.3 is 5.11 Å². The van der Waals surface area contributed by atoms with Crippen LogP contribution >= 0.6 is 11.6 Å². The fourth-order valence-electron chi connectivity index (χ4n) is 2.47. The summed E-state index contributed by atoms with van der Waals surface area (Å²) >= 11 is 5.83. The zero-order valence-corrected chi connectivity index (χ0v) is 11.7. The molecule has 0 amide bonds. The van der Waals surface area contributed by atoms with E-state index in [2.05, 4.69) is 0 Å². The Kier molecular flexibility index (Phi) is 3.44. The van der Waals surface area contributed by atoms with Gasteiger partial charge in [-0.1, -0.05) is 35.9 Å². The highest BCUT2D eigenvalue weighted by Gasteiger charge is 2.35. The number of aliphatic hydroxyl groups is 1. The van der Waals surface area contributed by atoms with Gasteiger partial charge in [-0.25, -0.2) is 0 Å². The lowest BCUT2D eigenvalue weighted by Gasteiger charge is -2.14. The lowest BCUT2D eigenvalue weighted by molar-refractivity contribution is 0.184. The summed E-state index contributed by atoms with van der Waals surface area (Å²) in [5.74, 6) is 0. The molecule has 0 radical (unpaired) electrons. The SMILES string of the molecule is O=S(c1ccc(Cl)cc1)C1Cc2ccccc2C1O. The molecule has 0 heterocycles. The van der Waals surface area contributed by atoms with E-state index >= 15 is 0 Å². The molecule has 2 aromatic rings. The monoisotopic (exact) mass is 292 g/mol. The van der Waals surface area contributed by atoms with E-state index in [4.69, 9.17) is 11.6 Å². The van der Waals surface area contributed by atoms with Gasteiger partial charge in [0, 0.05) is 9.92 Å². The second kappa shape index (κ2) is 5.08. The summed E-state index contributed by atoms with van der Waals surface area (Å²) in [7, 11) is -1.23. The first kappa shape index (κ1) is 12.9. The molecule has 0 spiro atoms. The number of benzene rings is 2. The van der Waals surface area contributed by atoms with Crippen LogP contribution in [-0.2, 0) is 17.2 Å². The fourth-order valence-corrected chi connectivity index (χ4v) is 4.07. The van der Waals surface area contributed by atoms with Crippen molar-refractivity contribution in [3.05, 3.63) is 64.7 Å². The molecule has 1 aliphatic rings. The molecule has 4 heteroatoms. The van der Waals surface area contributed by atoms with Crippen molar-refractivity contribution >= 4 is 22.4 Å². The summed E-state index contributed by atoms with van der Waals surface area (Å²) in [5.41, 5.74) is 1.98. The zero-order valence-electron chi connectivity index (χ0n) is 10.1. The number of rotatable bonds is 2. The predicted molar refractivity (Wildman–Crippen MR) is 76.8 cm³/mol. The molecule has 19 heavy (non-hydrogen) atoms. The van der Waals surface area contributed by atoms with Gasteiger partial charge in [0.15, 0.2) is 0 Å². The van der Waals surface area contributed by atoms with E-state index in [-0.39, 0.29) is 5.25 Å². The van der Waals surface area contributed by atoms with Gasteiger partial charge in [0.1, 0.15) is 0 Å². The molecule has 0 fully saturated rings. The van der Waals surface area contributed by atoms with E-state index in [9.17, 15) is 9.32 Å². The van der Waals surface area contributed by atoms with Crippen LogP contribution in [0.25, 0.3) is 0 Å². The standard InChI is InChI=1S/C15H13ClO2S/c16-11-5-7-12(8-6-11)19(18)14-9-10-3-1-2-4-13(10)15(14)17/h1-8,14-15,17H,9H2. The number of fused-ring (bicyclic) bond motifs is 1. The van der Waals surface area contributed by atoms with E-state index in [1.165, 1.54) is 0 Å². The van der Waals surface area contributed by atoms with Crippen molar-refractivity contribution in [2.24, 2.45) is 0 Å². The van der Waals surface area contributed by atoms with Crippen molar-refractivity contribution in [3.63, 3.8) is 0 Å². The number of aliphatic hydroxyl groups excluding tert-OH is 1. The average molecular weight is 293 g/mol. The topological polar surface area (TPSA) is 37.3 Å². The fraction of sp³-hybridized carbons (Fsp3) is 0.200. The summed E-state index contributed by atoms with van der Waals surface area (Å²) in [4.78, 5) is 0.709. The molecule has 3 rings (SSSR count). The summed E-state index contributed by atoms with van der Waals surface area (Å²) in [6, 6.07) is 14.7. The van der Waals surface area contributed by atoms with Crippen molar-refractivity contribution < 1.29 is 9.32 Å². The van der Waals surface area contributed by atoms with Gasteiger partial charge in [0.25, 0.3) is 0 Å². The van der Waals surface area contributed by atoms with E-state index in [0.29, 0.717) is 16.3 Å². The molecule has 1 N–H and O–H groups in total. The summed E-state index contributed by atoms with van der Waals surface area (Å²) in [6.45, 7) is 0. The number of halogens is 1. The van der Waals surface area contributed by atoms with Crippen molar-refractivity contribution in [1.29, 1.82) is 0 Å². The van der Waals surface area contributed by atoms with Crippen molar-refractivity contribution in [1.82, 2.24) is 0 Å². The molecule has 3 atom stereocenters. The summed E-state index contributed by atoms with van der Waals surface area (Å²) in [6.07, 6.45) is -0.0141. The van der Waals surface area contributed by atoms with Crippen LogP contribution in [0.4, 0.5) is 0 Å². The van der Waals surface area contributed by atoms with Gasteiger partial charge in [-0.2, -0.15) is 0 Å². The Labute approximate surface area is 119 Å². The van der Waals surface area contributed by atoms with Crippen LogP contribution in [0.5, 0.6) is 0 Å². The average Bonchev–Trinajstić information content (AvgIpc) is 2.77. The molecule has 0 bridgehead atoms. The molecule has 3 unspecified atom stereocenters. The van der Waals surface area contributed by atoms with Gasteiger partial charge in [-0.3, -0.25) is 4.21 Å². The van der Waals surface area contributed by atoms with Crippen LogP contribution in [0.15, 0.2) is 53.4 Å². The van der Waals surface area contributed by atoms with Crippen LogP contribution in [0.2, 0.25) is 5.02 Å². The van der Waals surface area contributed by atoms with Crippen LogP contribution in [-0.4, -0.2) is 14.6 Å². The second-order valence-corrected chi connectivity index (χ2v) is 6.75. The predicted octanol–water partition coefficient (Wildman–Crippen LogP) is 3.11. The Balaban J connectivity index is 1.89. The Bertz CT molecular complexity index is 624. The van der Waals surface area contributed by atoms with Crippen molar-refractivity contribution in [3.8, 4) is 0 Å². The Morgan fingerprint density at radius 1 is 1.11 bits per heavy atom. The number of hydrogen-bond donors (Lipinski definition) is 1. The number of hydrogen-bond acceptors (Lipinski definition) is 2. The van der Waals surface area contributed by atoms with Crippen LogP contribution in [0.3, 0.4) is 0 Å². The molecule has 98 valence electrons. The third-order valence-electron chi connectivity index (χ3n) is 3.47. The third-order valence-corrected chi connectivity index (χ3v) is 5.43. The lowest BCUT2D eigenvalue weighted by atomic mass is 10.1. The minimum atomic E-state index is -1.23. The van der Waals surface area contributed by atoms with Crippen LogP contribution < -0.4 is 0 Å². The van der Waals surface area contributed by atoms with E-state index < -0.39 is 16.9 Å². The quantitative estimate of drug-likeness (QED) is 0.923. The maximum Gasteiger partial charge on any atom is 0.0943 e. The van der Waals surface area contributed by atoms with Gasteiger partial charge in [0.05, 0.1) is 22.2 Å². The Hall–Kier alpha value is -1.16. The normalized spacial score (nSPS) is 23.1. The highest BCUT2D eigenvalue weighted by Crippen LogP contribution is 2.36. The van der Waals surface area contributed by atoms with Gasteiger partial charge in [-0.05, 0) is 41.8 Å². The molecule has 2 aromatic carbocycles. The smallest absolute Gasteiger partial charge is 0.0943 e. The highest BCUT2D eigenvalue weighted by molar-refractivity contribution is 7.85. The van der Waals surface area contributed by atoms with Crippen molar-refractivity contribution in [2.45, 2.75) is 22.7 Å². The molecule has 0 aromatic heterocycles. The van der Waals surface area contributed by atoms with Gasteiger partial charge in [-0.15, -0.1) is 0 Å². The van der Waals surface area contributed by atoms with Gasteiger partial charge in [0.2, 0.25) is 0 Å². The van der Waals surface area contributed by atoms with Crippen molar-refractivity contribution in [2.75, 3.05) is 0 Å². The molecule has 0 saturated carbocycles.